The van der Waals surface area contributed by atoms with Gasteiger partial charge >= 0.3 is 0 Å². The number of hydrogen-bond donors (Lipinski definition) is 0. The van der Waals surface area contributed by atoms with Crippen molar-refractivity contribution >= 4 is 122 Å². The Morgan fingerprint density at radius 2 is 0.648 bits per heavy atom. The van der Waals surface area contributed by atoms with Crippen LogP contribution in [0, 0.1) is 0 Å². The van der Waals surface area contributed by atoms with Gasteiger partial charge in [-0.15, -0.1) is 0 Å². The number of nitrogens with zero attached hydrogens (tertiary/aromatic N) is 4. The van der Waals surface area contributed by atoms with Crippen LogP contribution >= 0.6 is 0 Å². The molecule has 17 rings (SSSR count). The molecular formula is C82H58N4O2. The molecule has 17 aromatic rings. The van der Waals surface area contributed by atoms with E-state index in [-0.39, 0.29) is 5.41 Å². The summed E-state index contributed by atoms with van der Waals surface area (Å²) in [6.45, 7) is 6.96. The topological polar surface area (TPSA) is 42.6 Å². The van der Waals surface area contributed by atoms with Crippen LogP contribution in [0.4, 0.5) is 34.1 Å². The smallest absolute Gasteiger partial charge is 0.137 e. The van der Waals surface area contributed by atoms with E-state index in [2.05, 4.69) is 337 Å². The maximum atomic E-state index is 6.89. The van der Waals surface area contributed by atoms with Crippen LogP contribution in [-0.4, -0.2) is 9.13 Å². The van der Waals surface area contributed by atoms with Gasteiger partial charge in [0.05, 0.1) is 44.2 Å². The van der Waals surface area contributed by atoms with Gasteiger partial charge < -0.3 is 27.8 Å². The first-order valence-electron chi connectivity index (χ1n) is 30.2. The lowest BCUT2D eigenvalue weighted by atomic mass is 9.86. The average Bonchev–Trinajstić information content (AvgIpc) is 1.79. The van der Waals surface area contributed by atoms with E-state index in [1.807, 2.05) is 0 Å². The highest BCUT2D eigenvalue weighted by molar-refractivity contribution is 6.17. The molecule has 0 N–H and O–H groups in total. The van der Waals surface area contributed by atoms with Crippen LogP contribution in [-0.2, 0) is 5.41 Å². The first-order chi connectivity index (χ1) is 43.3. The van der Waals surface area contributed by atoms with Crippen LogP contribution in [0.5, 0.6) is 0 Å². The third-order valence-electron chi connectivity index (χ3n) is 17.8. The average molecular weight is 1130 g/mol. The molecule has 4 heterocycles. The molecule has 0 amide bonds. The molecule has 6 heteroatoms. The van der Waals surface area contributed by atoms with E-state index in [0.717, 1.165) is 134 Å². The normalized spacial score (nSPS) is 12.0. The number of fused-ring (bicyclic) bond motifs is 12. The van der Waals surface area contributed by atoms with Gasteiger partial charge in [-0.1, -0.05) is 191 Å². The molecule has 0 saturated carbocycles. The summed E-state index contributed by atoms with van der Waals surface area (Å²) in [5.41, 5.74) is 21.3. The minimum Gasteiger partial charge on any atom is -0.456 e. The Labute approximate surface area is 509 Å². The number of aromatic nitrogens is 2. The van der Waals surface area contributed by atoms with Gasteiger partial charge in [-0.3, -0.25) is 0 Å². The van der Waals surface area contributed by atoms with Gasteiger partial charge in [-0.2, -0.15) is 0 Å². The molecule has 4 aromatic heterocycles. The van der Waals surface area contributed by atoms with E-state index in [0.29, 0.717) is 0 Å². The van der Waals surface area contributed by atoms with Gasteiger partial charge in [0.2, 0.25) is 0 Å². The molecule has 0 saturated heterocycles. The zero-order chi connectivity index (χ0) is 58.6. The van der Waals surface area contributed by atoms with Crippen molar-refractivity contribution in [2.45, 2.75) is 26.2 Å². The highest BCUT2D eigenvalue weighted by atomic mass is 16.3. The number of benzene rings is 13. The molecule has 418 valence electrons. The van der Waals surface area contributed by atoms with Gasteiger partial charge in [-0.05, 0) is 161 Å². The Bertz CT molecular complexity index is 5140. The number of hydrogen-bond acceptors (Lipinski definition) is 4. The van der Waals surface area contributed by atoms with Crippen LogP contribution < -0.4 is 9.80 Å². The third-order valence-corrected chi connectivity index (χ3v) is 17.8. The minimum absolute atomic E-state index is 0.310. The van der Waals surface area contributed by atoms with Crippen molar-refractivity contribution in [1.82, 2.24) is 9.13 Å². The Kier molecular flexibility index (Phi) is 11.7. The number of furan rings is 2. The lowest BCUT2D eigenvalue weighted by Gasteiger charge is -2.33. The van der Waals surface area contributed by atoms with Crippen LogP contribution in [0.15, 0.2) is 306 Å². The van der Waals surface area contributed by atoms with E-state index < -0.39 is 0 Å². The van der Waals surface area contributed by atoms with Gasteiger partial charge in [0.25, 0.3) is 0 Å². The van der Waals surface area contributed by atoms with Gasteiger partial charge in [-0.25, -0.2) is 0 Å². The summed E-state index contributed by atoms with van der Waals surface area (Å²) in [4.78, 5) is 4.94. The largest absolute Gasteiger partial charge is 0.456 e. The van der Waals surface area contributed by atoms with E-state index in [4.69, 9.17) is 8.83 Å². The summed E-state index contributed by atoms with van der Waals surface area (Å²) >= 11 is 0. The summed E-state index contributed by atoms with van der Waals surface area (Å²) in [6.07, 6.45) is 0. The van der Waals surface area contributed by atoms with Gasteiger partial charge in [0, 0.05) is 66.4 Å². The molecule has 0 spiro atoms. The molecule has 0 fully saturated rings. The van der Waals surface area contributed by atoms with Crippen molar-refractivity contribution in [3.63, 3.8) is 0 Å². The minimum atomic E-state index is -0.310. The zero-order valence-electron chi connectivity index (χ0n) is 48.9. The van der Waals surface area contributed by atoms with Crippen molar-refractivity contribution in [2.24, 2.45) is 0 Å². The standard InChI is InChI=1S/C82H58N4O2/c1-82(2,3)57-48-62(83(58-26-18-28-60(50-58)85-70-34-14-10-30-64(70)65-31-11-15-35-71(65)85)74-38-20-40-78-80(74)68-46-55(42-44-76(68)87-78)53-22-6-4-7-23-53)52-63(49-57)84(59-27-19-29-61(51-59)86-72-36-16-12-32-66(72)67-33-13-17-37-73(67)86)75-39-21-41-79-81(75)69-47-56(43-45-77(69)88-79)54-24-8-5-9-25-54/h4-52H,1-3H3. The number of rotatable bonds is 10. The second-order valence-corrected chi connectivity index (χ2v) is 24.1. The molecule has 0 aliphatic rings. The first-order valence-corrected chi connectivity index (χ1v) is 30.2. The molecule has 6 nitrogen and oxygen atoms in total. The molecule has 0 aliphatic heterocycles. The fourth-order valence-corrected chi connectivity index (χ4v) is 13.7. The molecule has 0 unspecified atom stereocenters. The summed E-state index contributed by atoms with van der Waals surface area (Å²) in [7, 11) is 0. The Balaban J connectivity index is 0.956. The maximum Gasteiger partial charge on any atom is 0.137 e. The predicted octanol–water partition coefficient (Wildman–Crippen LogP) is 23.3. The summed E-state index contributed by atoms with van der Waals surface area (Å²) in [5, 5.41) is 8.99. The van der Waals surface area contributed by atoms with Gasteiger partial charge in [0.1, 0.15) is 22.3 Å². The first kappa shape index (κ1) is 51.1. The van der Waals surface area contributed by atoms with E-state index in [1.165, 1.54) is 27.1 Å². The van der Waals surface area contributed by atoms with Crippen molar-refractivity contribution in [1.29, 1.82) is 0 Å². The molecule has 0 radical (unpaired) electrons. The van der Waals surface area contributed by atoms with Crippen LogP contribution in [0.1, 0.15) is 26.3 Å². The molecule has 0 bridgehead atoms. The number of para-hydroxylation sites is 4. The van der Waals surface area contributed by atoms with Crippen molar-refractivity contribution in [2.75, 3.05) is 9.80 Å². The second kappa shape index (κ2) is 20.2. The second-order valence-electron chi connectivity index (χ2n) is 24.1. The van der Waals surface area contributed by atoms with Crippen molar-refractivity contribution in [3.05, 3.63) is 303 Å². The zero-order valence-corrected chi connectivity index (χ0v) is 48.9. The van der Waals surface area contributed by atoms with E-state index in [1.54, 1.807) is 0 Å². The summed E-state index contributed by atoms with van der Waals surface area (Å²) in [6, 6.07) is 108. The van der Waals surface area contributed by atoms with Gasteiger partial charge in [0.15, 0.2) is 0 Å². The molecular weight excluding hydrogens is 1070 g/mol. The maximum absolute atomic E-state index is 6.89. The molecule has 0 atom stereocenters. The van der Waals surface area contributed by atoms with Crippen LogP contribution in [0.25, 0.3) is 121 Å². The molecule has 13 aromatic carbocycles. The van der Waals surface area contributed by atoms with E-state index in [9.17, 15) is 0 Å². The SMILES string of the molecule is CC(C)(C)c1cc(N(c2cccc(-n3c4ccccc4c4ccccc43)c2)c2cccc3oc4ccc(-c5ccccc5)cc4c23)cc(N(c2cccc(-n3c4ccccc4c4ccccc43)c2)c2cccc3oc4ccc(-c5ccccc5)cc4c23)c1. The fourth-order valence-electron chi connectivity index (χ4n) is 13.7. The summed E-state index contributed by atoms with van der Waals surface area (Å²) in [5.74, 6) is 0. The molecule has 0 aliphatic carbocycles. The summed E-state index contributed by atoms with van der Waals surface area (Å²) < 4.78 is 18.6. The van der Waals surface area contributed by atoms with Crippen molar-refractivity contribution in [3.8, 4) is 33.6 Å². The predicted molar refractivity (Wildman–Crippen MR) is 369 cm³/mol. The fraction of sp³-hybridized carbons (Fsp3) is 0.0488. The molecule has 88 heavy (non-hydrogen) atoms. The van der Waals surface area contributed by atoms with Crippen molar-refractivity contribution < 1.29 is 8.83 Å². The highest BCUT2D eigenvalue weighted by Gasteiger charge is 2.28. The Hall–Kier alpha value is -11.3. The highest BCUT2D eigenvalue weighted by Crippen LogP contribution is 2.50. The van der Waals surface area contributed by atoms with Crippen LogP contribution in [0.2, 0.25) is 0 Å². The lowest BCUT2D eigenvalue weighted by Crippen LogP contribution is -2.18. The van der Waals surface area contributed by atoms with E-state index >= 15 is 0 Å². The quantitative estimate of drug-likeness (QED) is 0.137. The Morgan fingerprint density at radius 3 is 1.05 bits per heavy atom. The number of anilines is 6. The monoisotopic (exact) mass is 1130 g/mol. The third kappa shape index (κ3) is 8.32. The lowest BCUT2D eigenvalue weighted by molar-refractivity contribution is 0.590. The van der Waals surface area contributed by atoms with Crippen LogP contribution in [0.3, 0.4) is 0 Å². The Morgan fingerprint density at radius 1 is 0.273 bits per heavy atom.